The number of aromatic nitrogens is 2. The summed E-state index contributed by atoms with van der Waals surface area (Å²) < 4.78 is 28.0. The van der Waals surface area contributed by atoms with E-state index in [9.17, 15) is 13.9 Å². The van der Waals surface area contributed by atoms with E-state index in [1.54, 1.807) is 17.0 Å². The SMILES string of the molecule is Cn1ccnc1SCC(O)c1ccc(F)cc1F. The van der Waals surface area contributed by atoms with Gasteiger partial charge in [-0.1, -0.05) is 17.8 Å². The summed E-state index contributed by atoms with van der Waals surface area (Å²) in [5.74, 6) is -1.13. The minimum atomic E-state index is -0.993. The molecular formula is C12H12F2N2OS. The third kappa shape index (κ3) is 2.88. The number of aryl methyl sites for hydroxylation is 1. The van der Waals surface area contributed by atoms with E-state index in [1.165, 1.54) is 17.8 Å². The van der Waals surface area contributed by atoms with Gasteiger partial charge in [0, 0.05) is 36.8 Å². The quantitative estimate of drug-likeness (QED) is 0.868. The number of aliphatic hydroxyl groups is 1. The standard InChI is InChI=1S/C12H12F2N2OS/c1-16-5-4-15-12(16)18-7-11(17)9-3-2-8(13)6-10(9)14/h2-6,11,17H,7H2,1H3. The van der Waals surface area contributed by atoms with E-state index in [1.807, 2.05) is 7.05 Å². The van der Waals surface area contributed by atoms with Crippen LogP contribution in [-0.4, -0.2) is 20.4 Å². The fourth-order valence-corrected chi connectivity index (χ4v) is 2.39. The Bertz CT molecular complexity index is 545. The van der Waals surface area contributed by atoms with Gasteiger partial charge in [0.2, 0.25) is 0 Å². The number of halogens is 2. The zero-order valence-corrected chi connectivity index (χ0v) is 10.5. The molecule has 2 rings (SSSR count). The molecule has 6 heteroatoms. The summed E-state index contributed by atoms with van der Waals surface area (Å²) in [6.07, 6.45) is 2.44. The first kappa shape index (κ1) is 13.0. The predicted molar refractivity (Wildman–Crippen MR) is 65.2 cm³/mol. The van der Waals surface area contributed by atoms with Crippen molar-refractivity contribution in [1.29, 1.82) is 0 Å². The van der Waals surface area contributed by atoms with Gasteiger partial charge in [-0.3, -0.25) is 0 Å². The van der Waals surface area contributed by atoms with Gasteiger partial charge in [0.1, 0.15) is 11.6 Å². The van der Waals surface area contributed by atoms with Crippen LogP contribution in [0.2, 0.25) is 0 Å². The lowest BCUT2D eigenvalue weighted by Gasteiger charge is -2.11. The fourth-order valence-electron chi connectivity index (χ4n) is 1.51. The molecule has 0 aliphatic heterocycles. The monoisotopic (exact) mass is 270 g/mol. The first-order valence-electron chi connectivity index (χ1n) is 5.31. The molecule has 1 unspecified atom stereocenters. The van der Waals surface area contributed by atoms with Crippen LogP contribution in [0.1, 0.15) is 11.7 Å². The molecule has 1 aromatic carbocycles. The average Bonchev–Trinajstić information content (AvgIpc) is 2.72. The van der Waals surface area contributed by atoms with Crippen molar-refractivity contribution >= 4 is 11.8 Å². The van der Waals surface area contributed by atoms with Crippen molar-refractivity contribution in [3.05, 3.63) is 47.8 Å². The molecule has 0 fully saturated rings. The zero-order chi connectivity index (χ0) is 13.1. The molecule has 0 amide bonds. The third-order valence-electron chi connectivity index (χ3n) is 2.47. The Kier molecular flexibility index (Phi) is 3.98. The van der Waals surface area contributed by atoms with Crippen LogP contribution in [0.15, 0.2) is 35.7 Å². The smallest absolute Gasteiger partial charge is 0.167 e. The van der Waals surface area contributed by atoms with Crippen LogP contribution < -0.4 is 0 Å². The number of hydrogen-bond acceptors (Lipinski definition) is 3. The van der Waals surface area contributed by atoms with Gasteiger partial charge in [-0.05, 0) is 6.07 Å². The van der Waals surface area contributed by atoms with Crippen LogP contribution in [0.3, 0.4) is 0 Å². The molecule has 1 heterocycles. The summed E-state index contributed by atoms with van der Waals surface area (Å²) in [7, 11) is 1.83. The lowest BCUT2D eigenvalue weighted by atomic mass is 10.1. The number of thioether (sulfide) groups is 1. The molecule has 0 spiro atoms. The number of aliphatic hydroxyl groups excluding tert-OH is 1. The van der Waals surface area contributed by atoms with Gasteiger partial charge in [0.05, 0.1) is 6.10 Å². The molecule has 1 atom stereocenters. The molecular weight excluding hydrogens is 258 g/mol. The number of benzene rings is 1. The minimum absolute atomic E-state index is 0.0955. The fraction of sp³-hybridized carbons (Fsp3) is 0.250. The van der Waals surface area contributed by atoms with Crippen LogP contribution in [0, 0.1) is 11.6 Å². The van der Waals surface area contributed by atoms with Crippen LogP contribution >= 0.6 is 11.8 Å². The van der Waals surface area contributed by atoms with Gasteiger partial charge in [-0.15, -0.1) is 0 Å². The number of nitrogens with zero attached hydrogens (tertiary/aromatic N) is 2. The van der Waals surface area contributed by atoms with Crippen molar-refractivity contribution in [2.45, 2.75) is 11.3 Å². The highest BCUT2D eigenvalue weighted by molar-refractivity contribution is 7.99. The zero-order valence-electron chi connectivity index (χ0n) is 9.68. The number of rotatable bonds is 4. The summed E-state index contributed by atoms with van der Waals surface area (Å²) in [6, 6.07) is 3.16. The normalized spacial score (nSPS) is 12.7. The van der Waals surface area contributed by atoms with E-state index < -0.39 is 17.7 Å². The molecule has 2 aromatic rings. The van der Waals surface area contributed by atoms with Gasteiger partial charge < -0.3 is 9.67 Å². The maximum Gasteiger partial charge on any atom is 0.167 e. The van der Waals surface area contributed by atoms with Gasteiger partial charge >= 0.3 is 0 Å². The third-order valence-corrected chi connectivity index (χ3v) is 3.60. The van der Waals surface area contributed by atoms with E-state index in [0.29, 0.717) is 0 Å². The molecule has 3 nitrogen and oxygen atoms in total. The van der Waals surface area contributed by atoms with Crippen molar-refractivity contribution in [3.8, 4) is 0 Å². The minimum Gasteiger partial charge on any atom is -0.387 e. The summed E-state index contributed by atoms with van der Waals surface area (Å²) >= 11 is 1.31. The molecule has 18 heavy (non-hydrogen) atoms. The van der Waals surface area contributed by atoms with E-state index in [0.717, 1.165) is 17.3 Å². The molecule has 0 saturated heterocycles. The summed E-state index contributed by atoms with van der Waals surface area (Å²) in [5, 5.41) is 10.6. The second-order valence-corrected chi connectivity index (χ2v) is 4.80. The molecule has 1 aromatic heterocycles. The number of hydrogen-bond donors (Lipinski definition) is 1. The van der Waals surface area contributed by atoms with Crippen molar-refractivity contribution in [1.82, 2.24) is 9.55 Å². The predicted octanol–water partition coefficient (Wildman–Crippen LogP) is 2.52. The number of imidazole rings is 1. The van der Waals surface area contributed by atoms with Crippen molar-refractivity contribution in [3.63, 3.8) is 0 Å². The first-order valence-corrected chi connectivity index (χ1v) is 6.29. The van der Waals surface area contributed by atoms with Crippen LogP contribution in [0.5, 0.6) is 0 Å². The Morgan fingerprint density at radius 3 is 2.83 bits per heavy atom. The molecule has 96 valence electrons. The Labute approximate surface area is 107 Å². The first-order chi connectivity index (χ1) is 8.58. The van der Waals surface area contributed by atoms with Gasteiger partial charge in [-0.25, -0.2) is 13.8 Å². The Morgan fingerprint density at radius 2 is 2.22 bits per heavy atom. The van der Waals surface area contributed by atoms with Crippen LogP contribution in [-0.2, 0) is 7.05 Å². The van der Waals surface area contributed by atoms with E-state index >= 15 is 0 Å². The van der Waals surface area contributed by atoms with Crippen LogP contribution in [0.4, 0.5) is 8.78 Å². The summed E-state index contributed by atoms with van der Waals surface area (Å²) in [6.45, 7) is 0. The van der Waals surface area contributed by atoms with Gasteiger partial charge in [0.25, 0.3) is 0 Å². The summed E-state index contributed by atoms with van der Waals surface area (Å²) in [5.41, 5.74) is 0.0955. The second kappa shape index (κ2) is 5.49. The van der Waals surface area contributed by atoms with Gasteiger partial charge in [-0.2, -0.15) is 0 Å². The van der Waals surface area contributed by atoms with Crippen LogP contribution in [0.25, 0.3) is 0 Å². The topological polar surface area (TPSA) is 38.0 Å². The lowest BCUT2D eigenvalue weighted by Crippen LogP contribution is -2.04. The molecule has 0 radical (unpaired) electrons. The van der Waals surface area contributed by atoms with Crippen molar-refractivity contribution in [2.24, 2.45) is 7.05 Å². The average molecular weight is 270 g/mol. The highest BCUT2D eigenvalue weighted by Crippen LogP contribution is 2.25. The Balaban J connectivity index is 2.03. The molecule has 1 N–H and O–H groups in total. The van der Waals surface area contributed by atoms with Crippen molar-refractivity contribution < 1.29 is 13.9 Å². The highest BCUT2D eigenvalue weighted by atomic mass is 32.2. The van der Waals surface area contributed by atoms with E-state index in [2.05, 4.69) is 4.98 Å². The van der Waals surface area contributed by atoms with E-state index in [4.69, 9.17) is 0 Å². The second-order valence-electron chi connectivity index (χ2n) is 3.81. The maximum atomic E-state index is 13.4. The maximum absolute atomic E-state index is 13.4. The largest absolute Gasteiger partial charge is 0.387 e. The Morgan fingerprint density at radius 1 is 1.44 bits per heavy atom. The van der Waals surface area contributed by atoms with Gasteiger partial charge in [0.15, 0.2) is 5.16 Å². The molecule has 0 bridgehead atoms. The molecule has 0 aliphatic carbocycles. The highest BCUT2D eigenvalue weighted by Gasteiger charge is 2.14. The van der Waals surface area contributed by atoms with Crippen molar-refractivity contribution in [2.75, 3.05) is 5.75 Å². The summed E-state index contributed by atoms with van der Waals surface area (Å²) in [4.78, 5) is 4.08. The van der Waals surface area contributed by atoms with E-state index in [-0.39, 0.29) is 11.3 Å². The lowest BCUT2D eigenvalue weighted by molar-refractivity contribution is 0.198. The molecule has 0 aliphatic rings. The Hall–Kier alpha value is -1.40. The molecule has 0 saturated carbocycles.